The predicted octanol–water partition coefficient (Wildman–Crippen LogP) is 6.43. The van der Waals surface area contributed by atoms with Crippen LogP contribution in [0.4, 0.5) is 0 Å². The molecule has 24 heavy (non-hydrogen) atoms. The van der Waals surface area contributed by atoms with E-state index < -0.39 is 0 Å². The smallest absolute Gasteiger partial charge is 0.0636 e. The van der Waals surface area contributed by atoms with Gasteiger partial charge in [0, 0.05) is 17.5 Å². The molecule has 0 saturated carbocycles. The second kappa shape index (κ2) is 15.5. The second-order valence-corrected chi connectivity index (χ2v) is 8.86. The highest BCUT2D eigenvalue weighted by atomic mass is 35.5. The molecule has 0 aliphatic carbocycles. The number of aliphatic hydroxyl groups excluding tert-OH is 1. The first-order valence-corrected chi connectivity index (χ1v) is 10.9. The molecule has 2 nitrogen and oxygen atoms in total. The van der Waals surface area contributed by atoms with E-state index in [1.807, 2.05) is 6.92 Å². The fourth-order valence-corrected chi connectivity index (χ4v) is 3.72. The van der Waals surface area contributed by atoms with Gasteiger partial charge >= 0.3 is 0 Å². The van der Waals surface area contributed by atoms with Crippen molar-refractivity contribution >= 4 is 11.6 Å². The number of hydrogen-bond donors (Lipinski definition) is 2. The number of unbranched alkanes of at least 4 members (excludes halogenated alkanes) is 10. The van der Waals surface area contributed by atoms with Gasteiger partial charge in [-0.15, -0.1) is 11.6 Å². The van der Waals surface area contributed by atoms with Crippen LogP contribution < -0.4 is 5.32 Å². The molecule has 0 fully saturated rings. The Hall–Kier alpha value is 0.210. The van der Waals surface area contributed by atoms with Crippen molar-refractivity contribution in [3.8, 4) is 0 Å². The third-order valence-corrected chi connectivity index (χ3v) is 5.10. The van der Waals surface area contributed by atoms with E-state index in [2.05, 4.69) is 26.1 Å². The molecule has 0 amide bonds. The van der Waals surface area contributed by atoms with E-state index in [1.54, 1.807) is 0 Å². The Balaban J connectivity index is 3.44. The molecule has 2 atom stereocenters. The fourth-order valence-electron chi connectivity index (χ4n) is 3.18. The van der Waals surface area contributed by atoms with E-state index in [4.69, 9.17) is 11.6 Å². The maximum absolute atomic E-state index is 9.37. The molecule has 0 radical (unpaired) electrons. The van der Waals surface area contributed by atoms with Crippen molar-refractivity contribution in [3.05, 3.63) is 0 Å². The summed E-state index contributed by atoms with van der Waals surface area (Å²) in [6.45, 7) is 9.07. The van der Waals surface area contributed by atoms with Crippen LogP contribution in [0.25, 0.3) is 0 Å². The second-order valence-electron chi connectivity index (χ2n) is 8.24. The molecule has 2 N–H and O–H groups in total. The Morgan fingerprint density at radius 3 is 1.79 bits per heavy atom. The predicted molar refractivity (Wildman–Crippen MR) is 109 cm³/mol. The van der Waals surface area contributed by atoms with E-state index >= 15 is 0 Å². The highest BCUT2D eigenvalue weighted by Gasteiger charge is 2.21. The third-order valence-electron chi connectivity index (χ3n) is 4.73. The number of nitrogens with one attached hydrogen (secondary N) is 1. The normalized spacial score (nSPS) is 14.8. The summed E-state index contributed by atoms with van der Waals surface area (Å²) in [6.07, 6.45) is 17.0. The van der Waals surface area contributed by atoms with Crippen molar-refractivity contribution in [2.24, 2.45) is 0 Å². The van der Waals surface area contributed by atoms with Gasteiger partial charge in [-0.2, -0.15) is 0 Å². The number of halogens is 1. The number of alkyl halides is 1. The highest BCUT2D eigenvalue weighted by molar-refractivity contribution is 6.20. The molecule has 0 aromatic rings. The molecule has 0 aliphatic heterocycles. The van der Waals surface area contributed by atoms with Crippen molar-refractivity contribution < 1.29 is 5.11 Å². The molecule has 0 spiro atoms. The number of rotatable bonds is 17. The maximum atomic E-state index is 9.37. The summed E-state index contributed by atoms with van der Waals surface area (Å²) in [4.78, 5) is 0. The first-order valence-electron chi connectivity index (χ1n) is 10.4. The van der Waals surface area contributed by atoms with E-state index in [9.17, 15) is 5.11 Å². The van der Waals surface area contributed by atoms with Gasteiger partial charge in [0.2, 0.25) is 0 Å². The summed E-state index contributed by atoms with van der Waals surface area (Å²) in [6, 6.07) is 0. The molecule has 0 heterocycles. The van der Waals surface area contributed by atoms with Gasteiger partial charge < -0.3 is 10.4 Å². The minimum Gasteiger partial charge on any atom is -0.392 e. The van der Waals surface area contributed by atoms with Crippen LogP contribution in [0.1, 0.15) is 111 Å². The first kappa shape index (κ1) is 24.2. The highest BCUT2D eigenvalue weighted by Crippen LogP contribution is 2.21. The van der Waals surface area contributed by atoms with Gasteiger partial charge in [-0.25, -0.2) is 0 Å². The van der Waals surface area contributed by atoms with Crippen molar-refractivity contribution in [2.75, 3.05) is 6.54 Å². The Morgan fingerprint density at radius 2 is 1.33 bits per heavy atom. The zero-order valence-corrected chi connectivity index (χ0v) is 17.6. The standard InChI is InChI=1S/C21H44ClNO/c1-5-6-7-8-9-10-11-12-13-14-15-16-20(22)17-21(3,4)23-18-19(2)24/h19-20,23-24H,5-18H2,1-4H3. The lowest BCUT2D eigenvalue weighted by Crippen LogP contribution is -2.44. The van der Waals surface area contributed by atoms with E-state index in [0.717, 1.165) is 12.8 Å². The van der Waals surface area contributed by atoms with Gasteiger partial charge in [0.1, 0.15) is 0 Å². The zero-order chi connectivity index (χ0) is 18.3. The average molecular weight is 362 g/mol. The summed E-state index contributed by atoms with van der Waals surface area (Å²) in [7, 11) is 0. The van der Waals surface area contributed by atoms with Gasteiger partial charge in [-0.05, 0) is 33.6 Å². The SMILES string of the molecule is CCCCCCCCCCCCCC(Cl)CC(C)(C)NCC(C)O. The molecule has 0 aromatic carbocycles. The monoisotopic (exact) mass is 361 g/mol. The van der Waals surface area contributed by atoms with Gasteiger partial charge in [-0.3, -0.25) is 0 Å². The van der Waals surface area contributed by atoms with Crippen LogP contribution in [0.5, 0.6) is 0 Å². The van der Waals surface area contributed by atoms with Crippen LogP contribution in [-0.4, -0.2) is 28.7 Å². The van der Waals surface area contributed by atoms with Crippen molar-refractivity contribution in [1.82, 2.24) is 5.32 Å². The Bertz CT molecular complexity index is 269. The number of hydrogen-bond acceptors (Lipinski definition) is 2. The van der Waals surface area contributed by atoms with E-state index in [0.29, 0.717) is 6.54 Å². The molecule has 3 heteroatoms. The lowest BCUT2D eigenvalue weighted by atomic mass is 9.95. The minimum atomic E-state index is -0.301. The summed E-state index contributed by atoms with van der Waals surface area (Å²) >= 11 is 6.50. The van der Waals surface area contributed by atoms with Gasteiger partial charge in [0.25, 0.3) is 0 Å². The van der Waals surface area contributed by atoms with Crippen LogP contribution >= 0.6 is 11.6 Å². The van der Waals surface area contributed by atoms with Crippen LogP contribution in [0.2, 0.25) is 0 Å². The quantitative estimate of drug-likeness (QED) is 0.231. The third kappa shape index (κ3) is 17.0. The van der Waals surface area contributed by atoms with E-state index in [-0.39, 0.29) is 17.0 Å². The molecular weight excluding hydrogens is 318 g/mol. The van der Waals surface area contributed by atoms with Gasteiger partial charge in [-0.1, -0.05) is 77.6 Å². The van der Waals surface area contributed by atoms with Crippen molar-refractivity contribution in [3.63, 3.8) is 0 Å². The molecule has 0 aliphatic rings. The fraction of sp³-hybridized carbons (Fsp3) is 1.00. The van der Waals surface area contributed by atoms with Crippen LogP contribution in [-0.2, 0) is 0 Å². The van der Waals surface area contributed by atoms with Crippen LogP contribution in [0.15, 0.2) is 0 Å². The largest absolute Gasteiger partial charge is 0.392 e. The maximum Gasteiger partial charge on any atom is 0.0636 e. The topological polar surface area (TPSA) is 32.3 Å². The molecule has 146 valence electrons. The number of β-amino-alcohol motifs (C(OH)–C–C–N with tert-alkyl or cyclic N) is 1. The summed E-state index contributed by atoms with van der Waals surface area (Å²) in [5, 5.41) is 13.0. The Labute approximate surface area is 157 Å². The summed E-state index contributed by atoms with van der Waals surface area (Å²) in [5.41, 5.74) is 0.00117. The minimum absolute atomic E-state index is 0.00117. The molecule has 0 bridgehead atoms. The van der Waals surface area contributed by atoms with E-state index in [1.165, 1.54) is 70.6 Å². The number of aliphatic hydroxyl groups is 1. The lowest BCUT2D eigenvalue weighted by Gasteiger charge is -2.29. The van der Waals surface area contributed by atoms with Crippen molar-refractivity contribution in [1.29, 1.82) is 0 Å². The molecule has 2 unspecified atom stereocenters. The molecule has 0 rings (SSSR count). The van der Waals surface area contributed by atoms with Crippen LogP contribution in [0, 0.1) is 0 Å². The van der Waals surface area contributed by atoms with Crippen molar-refractivity contribution in [2.45, 2.75) is 128 Å². The first-order chi connectivity index (χ1) is 11.4. The molecule has 0 aromatic heterocycles. The summed E-state index contributed by atoms with van der Waals surface area (Å²) < 4.78 is 0. The lowest BCUT2D eigenvalue weighted by molar-refractivity contribution is 0.174. The molecule has 0 saturated heterocycles. The van der Waals surface area contributed by atoms with Gasteiger partial charge in [0.05, 0.1) is 6.10 Å². The van der Waals surface area contributed by atoms with Gasteiger partial charge in [0.15, 0.2) is 0 Å². The summed E-state index contributed by atoms with van der Waals surface area (Å²) in [5.74, 6) is 0. The Morgan fingerprint density at radius 1 is 0.875 bits per heavy atom. The zero-order valence-electron chi connectivity index (χ0n) is 16.9. The average Bonchev–Trinajstić information content (AvgIpc) is 2.50. The molecular formula is C21H44ClNO. The van der Waals surface area contributed by atoms with Crippen LogP contribution in [0.3, 0.4) is 0 Å². The Kier molecular flexibility index (Phi) is 15.6.